The smallest absolute Gasteiger partial charge is 0.277 e. The fourth-order valence-electron chi connectivity index (χ4n) is 1.92. The molecule has 5 heteroatoms. The lowest BCUT2D eigenvalue weighted by Crippen LogP contribution is -2.24. The first-order chi connectivity index (χ1) is 10.8. The zero-order valence-electron chi connectivity index (χ0n) is 13.9. The van der Waals surface area contributed by atoms with E-state index in [2.05, 4.69) is 31.3 Å². The molecule has 0 fully saturated rings. The second kappa shape index (κ2) is 7.13. The van der Waals surface area contributed by atoms with Crippen molar-refractivity contribution in [1.82, 2.24) is 5.43 Å². The van der Waals surface area contributed by atoms with E-state index in [0.29, 0.717) is 11.5 Å². The molecule has 0 aliphatic carbocycles. The van der Waals surface area contributed by atoms with Gasteiger partial charge in [0.25, 0.3) is 5.91 Å². The Kier molecular flexibility index (Phi) is 5.21. The van der Waals surface area contributed by atoms with Crippen LogP contribution in [0.4, 0.5) is 0 Å². The molecule has 0 unspecified atom stereocenters. The van der Waals surface area contributed by atoms with E-state index >= 15 is 0 Å². The van der Waals surface area contributed by atoms with Gasteiger partial charge in [0.2, 0.25) is 0 Å². The molecule has 2 aromatic rings. The average Bonchev–Trinajstić information content (AvgIpc) is 2.90. The van der Waals surface area contributed by atoms with Crippen LogP contribution in [0.2, 0.25) is 0 Å². The molecule has 0 radical (unpaired) electrons. The van der Waals surface area contributed by atoms with Crippen molar-refractivity contribution in [3.05, 3.63) is 53.5 Å². The maximum Gasteiger partial charge on any atom is 0.277 e. The Morgan fingerprint density at radius 2 is 1.91 bits per heavy atom. The lowest BCUT2D eigenvalue weighted by molar-refractivity contribution is -0.123. The Balaban J connectivity index is 1.79. The number of aryl methyl sites for hydroxylation is 1. The van der Waals surface area contributed by atoms with Gasteiger partial charge in [-0.15, -0.1) is 0 Å². The monoisotopic (exact) mass is 314 g/mol. The molecule has 1 aromatic heterocycles. The Hall–Kier alpha value is -2.56. The van der Waals surface area contributed by atoms with Crippen LogP contribution in [0, 0.1) is 6.92 Å². The first-order valence-corrected chi connectivity index (χ1v) is 7.46. The summed E-state index contributed by atoms with van der Waals surface area (Å²) in [4.78, 5) is 11.7. The van der Waals surface area contributed by atoms with E-state index in [0.717, 1.165) is 5.76 Å². The number of nitrogens with zero attached hydrogens (tertiary/aromatic N) is 1. The third-order valence-corrected chi connectivity index (χ3v) is 3.23. The van der Waals surface area contributed by atoms with Crippen LogP contribution in [0.25, 0.3) is 0 Å². The van der Waals surface area contributed by atoms with Gasteiger partial charge in [-0.05, 0) is 42.2 Å². The Bertz CT molecular complexity index is 679. The number of hydrogen-bond acceptors (Lipinski definition) is 4. The minimum Gasteiger partial charge on any atom is -0.484 e. The molecule has 5 nitrogen and oxygen atoms in total. The van der Waals surface area contributed by atoms with Gasteiger partial charge in [0.05, 0.1) is 6.21 Å². The second-order valence-corrected chi connectivity index (χ2v) is 6.30. The lowest BCUT2D eigenvalue weighted by atomic mass is 9.87. The van der Waals surface area contributed by atoms with Gasteiger partial charge >= 0.3 is 0 Å². The van der Waals surface area contributed by atoms with Crippen LogP contribution in [0.1, 0.15) is 37.9 Å². The summed E-state index contributed by atoms with van der Waals surface area (Å²) in [5, 5.41) is 3.82. The number of hydrazone groups is 1. The van der Waals surface area contributed by atoms with Gasteiger partial charge in [-0.2, -0.15) is 5.10 Å². The molecule has 0 aliphatic rings. The minimum atomic E-state index is -0.329. The summed E-state index contributed by atoms with van der Waals surface area (Å²) in [5.41, 5.74) is 3.70. The zero-order valence-corrected chi connectivity index (χ0v) is 13.9. The molecule has 0 aliphatic heterocycles. The molecule has 0 saturated carbocycles. The van der Waals surface area contributed by atoms with E-state index < -0.39 is 0 Å². The van der Waals surface area contributed by atoms with Gasteiger partial charge in [0.1, 0.15) is 17.3 Å². The number of benzene rings is 1. The first kappa shape index (κ1) is 16.8. The predicted octanol–water partition coefficient (Wildman–Crippen LogP) is 3.41. The van der Waals surface area contributed by atoms with Crippen molar-refractivity contribution < 1.29 is 13.9 Å². The second-order valence-electron chi connectivity index (χ2n) is 6.30. The standard InChI is InChI=1S/C18H22N2O3/c1-13-5-8-16(23-13)11-19-20-17(21)12-22-15-9-6-14(7-10-15)18(2,3)4/h5-11H,12H2,1-4H3,(H,20,21)/b19-11-. The van der Waals surface area contributed by atoms with E-state index in [4.69, 9.17) is 9.15 Å². The van der Waals surface area contributed by atoms with Gasteiger partial charge in [-0.25, -0.2) is 5.43 Å². The molecule has 0 saturated heterocycles. The summed E-state index contributed by atoms with van der Waals surface area (Å²) in [5.74, 6) is 1.70. The van der Waals surface area contributed by atoms with Crippen LogP contribution >= 0.6 is 0 Å². The highest BCUT2D eigenvalue weighted by Gasteiger charge is 2.13. The van der Waals surface area contributed by atoms with Crippen molar-refractivity contribution in [2.45, 2.75) is 33.1 Å². The molecule has 1 N–H and O–H groups in total. The fourth-order valence-corrected chi connectivity index (χ4v) is 1.92. The first-order valence-electron chi connectivity index (χ1n) is 7.46. The Morgan fingerprint density at radius 3 is 2.48 bits per heavy atom. The number of carbonyl (C=O) groups is 1. The molecule has 23 heavy (non-hydrogen) atoms. The molecule has 1 amide bonds. The SMILES string of the molecule is Cc1ccc(/C=N\NC(=O)COc2ccc(C(C)(C)C)cc2)o1. The van der Waals surface area contributed by atoms with Gasteiger partial charge in [-0.1, -0.05) is 32.9 Å². The highest BCUT2D eigenvalue weighted by molar-refractivity contribution is 5.81. The number of ether oxygens (including phenoxy) is 1. The molecule has 1 aromatic carbocycles. The summed E-state index contributed by atoms with van der Waals surface area (Å²) in [6.45, 7) is 8.19. The van der Waals surface area contributed by atoms with Crippen molar-refractivity contribution in [3.63, 3.8) is 0 Å². The number of rotatable bonds is 5. The average molecular weight is 314 g/mol. The summed E-state index contributed by atoms with van der Waals surface area (Å²) in [6.07, 6.45) is 1.45. The van der Waals surface area contributed by atoms with Crippen LogP contribution in [0.5, 0.6) is 5.75 Å². The third-order valence-electron chi connectivity index (χ3n) is 3.23. The van der Waals surface area contributed by atoms with Crippen molar-refractivity contribution in [1.29, 1.82) is 0 Å². The minimum absolute atomic E-state index is 0.0921. The molecule has 0 atom stereocenters. The van der Waals surface area contributed by atoms with Gasteiger partial charge in [0.15, 0.2) is 6.61 Å². The van der Waals surface area contributed by atoms with Gasteiger partial charge in [0, 0.05) is 0 Å². The van der Waals surface area contributed by atoms with E-state index in [1.54, 1.807) is 6.07 Å². The number of furan rings is 1. The predicted molar refractivity (Wildman–Crippen MR) is 89.8 cm³/mol. The molecule has 1 heterocycles. The number of carbonyl (C=O) groups excluding carboxylic acids is 1. The maximum absolute atomic E-state index is 11.7. The summed E-state index contributed by atoms with van der Waals surface area (Å²) in [6, 6.07) is 11.3. The quantitative estimate of drug-likeness (QED) is 0.679. The Morgan fingerprint density at radius 1 is 1.22 bits per heavy atom. The van der Waals surface area contributed by atoms with E-state index in [1.165, 1.54) is 11.8 Å². The largest absolute Gasteiger partial charge is 0.484 e. The molecule has 0 spiro atoms. The van der Waals surface area contributed by atoms with Crippen molar-refractivity contribution in [2.24, 2.45) is 5.10 Å². The van der Waals surface area contributed by atoms with Crippen molar-refractivity contribution in [2.75, 3.05) is 6.61 Å². The summed E-state index contributed by atoms with van der Waals surface area (Å²) < 4.78 is 10.7. The molecular weight excluding hydrogens is 292 g/mol. The van der Waals surface area contributed by atoms with Crippen LogP contribution < -0.4 is 10.2 Å². The van der Waals surface area contributed by atoms with E-state index in [1.807, 2.05) is 37.3 Å². The van der Waals surface area contributed by atoms with E-state index in [-0.39, 0.29) is 17.9 Å². The number of hydrogen-bond donors (Lipinski definition) is 1. The zero-order chi connectivity index (χ0) is 16.9. The van der Waals surface area contributed by atoms with Crippen molar-refractivity contribution >= 4 is 12.1 Å². The third kappa shape index (κ3) is 5.29. The topological polar surface area (TPSA) is 63.8 Å². The van der Waals surface area contributed by atoms with Gasteiger partial charge < -0.3 is 9.15 Å². The van der Waals surface area contributed by atoms with Crippen molar-refractivity contribution in [3.8, 4) is 5.75 Å². The number of amides is 1. The number of nitrogens with one attached hydrogen (secondary N) is 1. The summed E-state index contributed by atoms with van der Waals surface area (Å²) in [7, 11) is 0. The molecular formula is C18H22N2O3. The normalized spacial score (nSPS) is 11.7. The van der Waals surface area contributed by atoms with Crippen LogP contribution in [-0.4, -0.2) is 18.7 Å². The van der Waals surface area contributed by atoms with Crippen LogP contribution in [0.15, 0.2) is 45.9 Å². The highest BCUT2D eigenvalue weighted by Crippen LogP contribution is 2.24. The molecule has 122 valence electrons. The molecule has 0 bridgehead atoms. The molecule has 2 rings (SSSR count). The van der Waals surface area contributed by atoms with Gasteiger partial charge in [-0.3, -0.25) is 4.79 Å². The fraction of sp³-hybridized carbons (Fsp3) is 0.333. The van der Waals surface area contributed by atoms with Crippen LogP contribution in [0.3, 0.4) is 0 Å². The highest BCUT2D eigenvalue weighted by atomic mass is 16.5. The van der Waals surface area contributed by atoms with Crippen LogP contribution in [-0.2, 0) is 10.2 Å². The summed E-state index contributed by atoms with van der Waals surface area (Å²) >= 11 is 0. The lowest BCUT2D eigenvalue weighted by Gasteiger charge is -2.19. The Labute approximate surface area is 136 Å². The maximum atomic E-state index is 11.7. The van der Waals surface area contributed by atoms with E-state index in [9.17, 15) is 4.79 Å².